The molecule has 2 fully saturated rings. The lowest BCUT2D eigenvalue weighted by Crippen LogP contribution is -2.44. The fourth-order valence-corrected chi connectivity index (χ4v) is 3.48. The molecule has 0 spiro atoms. The smallest absolute Gasteiger partial charge is 0.307 e. The fraction of sp³-hybridized carbons (Fsp3) is 0.857. The van der Waals surface area contributed by atoms with Gasteiger partial charge in [-0.3, -0.25) is 9.59 Å². The lowest BCUT2D eigenvalue weighted by molar-refractivity contribution is -0.140. The Balaban J connectivity index is 1.96. The first kappa shape index (κ1) is 14.3. The van der Waals surface area contributed by atoms with Gasteiger partial charge in [0.2, 0.25) is 5.91 Å². The molecule has 2 unspecified atom stereocenters. The average Bonchev–Trinajstić information content (AvgIpc) is 2.93. The van der Waals surface area contributed by atoms with Gasteiger partial charge in [0, 0.05) is 18.6 Å². The molecular weight excluding hydrogens is 246 g/mol. The van der Waals surface area contributed by atoms with Gasteiger partial charge in [-0.05, 0) is 18.3 Å². The quantitative estimate of drug-likeness (QED) is 0.711. The molecule has 0 bridgehead atoms. The number of carboxylic acids is 1. The van der Waals surface area contributed by atoms with Crippen LogP contribution in [0.4, 0.5) is 0 Å². The van der Waals surface area contributed by atoms with Crippen molar-refractivity contribution < 1.29 is 19.8 Å². The standard InChI is InChI=1S/C14H23NO4/c1-14(2)10(11(14)13(18)19)12(17)15-9-6-4-3-5-8(9)7-16/h8-11,16H,3-7H2,1-2H3,(H,15,17)(H,18,19)/t8?,9?,10-,11+/m1/s1. The summed E-state index contributed by atoms with van der Waals surface area (Å²) in [4.78, 5) is 23.3. The number of carboxylic acid groups (broad SMARTS) is 1. The van der Waals surface area contributed by atoms with E-state index in [1.54, 1.807) is 0 Å². The van der Waals surface area contributed by atoms with E-state index in [9.17, 15) is 14.7 Å². The van der Waals surface area contributed by atoms with Crippen molar-refractivity contribution in [2.45, 2.75) is 45.6 Å². The second-order valence-electron chi connectivity index (χ2n) is 6.46. The van der Waals surface area contributed by atoms with E-state index in [1.165, 1.54) is 0 Å². The van der Waals surface area contributed by atoms with E-state index in [-0.39, 0.29) is 24.5 Å². The molecule has 4 atom stereocenters. The van der Waals surface area contributed by atoms with Gasteiger partial charge in [0.15, 0.2) is 0 Å². The number of aliphatic hydroxyl groups excluding tert-OH is 1. The SMILES string of the molecule is CC1(C)[C@H](C(=O)O)[C@@H]1C(=O)NC1CCCCC1CO. The number of hydrogen-bond acceptors (Lipinski definition) is 3. The molecule has 108 valence electrons. The zero-order valence-electron chi connectivity index (χ0n) is 11.6. The number of aliphatic hydroxyl groups is 1. The van der Waals surface area contributed by atoms with E-state index in [2.05, 4.69) is 5.32 Å². The minimum absolute atomic E-state index is 0.00269. The first-order valence-corrected chi connectivity index (χ1v) is 7.03. The molecule has 2 aliphatic carbocycles. The Labute approximate surface area is 113 Å². The molecule has 0 aromatic carbocycles. The summed E-state index contributed by atoms with van der Waals surface area (Å²) in [6.45, 7) is 3.72. The van der Waals surface area contributed by atoms with Crippen LogP contribution in [0.5, 0.6) is 0 Å². The van der Waals surface area contributed by atoms with Gasteiger partial charge in [0.05, 0.1) is 11.8 Å². The van der Waals surface area contributed by atoms with E-state index >= 15 is 0 Å². The molecular formula is C14H23NO4. The van der Waals surface area contributed by atoms with Crippen molar-refractivity contribution in [1.82, 2.24) is 5.32 Å². The van der Waals surface area contributed by atoms with Gasteiger partial charge in [-0.2, -0.15) is 0 Å². The normalized spacial score (nSPS) is 36.6. The van der Waals surface area contributed by atoms with Gasteiger partial charge in [0.25, 0.3) is 0 Å². The van der Waals surface area contributed by atoms with Crippen molar-refractivity contribution >= 4 is 11.9 Å². The van der Waals surface area contributed by atoms with Crippen molar-refractivity contribution in [2.75, 3.05) is 6.61 Å². The minimum Gasteiger partial charge on any atom is -0.481 e. The summed E-state index contributed by atoms with van der Waals surface area (Å²) in [6.07, 6.45) is 3.95. The third-order valence-electron chi connectivity index (χ3n) is 4.85. The monoisotopic (exact) mass is 269 g/mol. The topological polar surface area (TPSA) is 86.6 Å². The number of nitrogens with one attached hydrogen (secondary N) is 1. The Hall–Kier alpha value is -1.10. The summed E-state index contributed by atoms with van der Waals surface area (Å²) in [6, 6.07) is -0.00269. The molecule has 5 heteroatoms. The molecule has 3 N–H and O–H groups in total. The molecule has 5 nitrogen and oxygen atoms in total. The summed E-state index contributed by atoms with van der Waals surface area (Å²) < 4.78 is 0. The summed E-state index contributed by atoms with van der Waals surface area (Å²) in [5.74, 6) is -1.96. The predicted octanol–water partition coefficient (Wildman–Crippen LogP) is 1.01. The number of amides is 1. The third kappa shape index (κ3) is 2.61. The van der Waals surface area contributed by atoms with Crippen LogP contribution in [0.15, 0.2) is 0 Å². The molecule has 0 aromatic heterocycles. The molecule has 2 rings (SSSR count). The van der Waals surface area contributed by atoms with Gasteiger partial charge >= 0.3 is 5.97 Å². The highest BCUT2D eigenvalue weighted by atomic mass is 16.4. The average molecular weight is 269 g/mol. The summed E-state index contributed by atoms with van der Waals surface area (Å²) in [5, 5.41) is 21.4. The number of rotatable bonds is 4. The number of hydrogen-bond donors (Lipinski definition) is 3. The van der Waals surface area contributed by atoms with Crippen molar-refractivity contribution in [2.24, 2.45) is 23.2 Å². The maximum absolute atomic E-state index is 12.2. The van der Waals surface area contributed by atoms with Gasteiger partial charge in [-0.15, -0.1) is 0 Å². The molecule has 1 amide bonds. The largest absolute Gasteiger partial charge is 0.481 e. The van der Waals surface area contributed by atoms with E-state index in [4.69, 9.17) is 5.11 Å². The highest BCUT2D eigenvalue weighted by Gasteiger charge is 2.66. The predicted molar refractivity (Wildman–Crippen MR) is 69.4 cm³/mol. The summed E-state index contributed by atoms with van der Waals surface area (Å²) in [7, 11) is 0. The number of aliphatic carboxylic acids is 1. The van der Waals surface area contributed by atoms with Crippen LogP contribution in [-0.4, -0.2) is 34.7 Å². The Morgan fingerprint density at radius 1 is 1.21 bits per heavy atom. The summed E-state index contributed by atoms with van der Waals surface area (Å²) in [5.41, 5.74) is -0.459. The second-order valence-corrected chi connectivity index (χ2v) is 6.46. The van der Waals surface area contributed by atoms with Crippen LogP contribution >= 0.6 is 0 Å². The van der Waals surface area contributed by atoms with Crippen LogP contribution < -0.4 is 5.32 Å². The lowest BCUT2D eigenvalue weighted by Gasteiger charge is -2.31. The molecule has 2 aliphatic rings. The maximum atomic E-state index is 12.2. The van der Waals surface area contributed by atoms with Crippen LogP contribution in [0.2, 0.25) is 0 Å². The highest BCUT2D eigenvalue weighted by Crippen LogP contribution is 2.58. The molecule has 0 aromatic rings. The van der Waals surface area contributed by atoms with E-state index in [0.717, 1.165) is 25.7 Å². The fourth-order valence-electron chi connectivity index (χ4n) is 3.48. The lowest BCUT2D eigenvalue weighted by atomic mass is 9.85. The zero-order chi connectivity index (χ0) is 14.2. The summed E-state index contributed by atoms with van der Waals surface area (Å²) >= 11 is 0. The van der Waals surface area contributed by atoms with Gasteiger partial charge < -0.3 is 15.5 Å². The Morgan fingerprint density at radius 2 is 1.84 bits per heavy atom. The highest BCUT2D eigenvalue weighted by molar-refractivity contribution is 5.91. The molecule has 0 aliphatic heterocycles. The van der Waals surface area contributed by atoms with Crippen molar-refractivity contribution in [3.8, 4) is 0 Å². The maximum Gasteiger partial charge on any atom is 0.307 e. The van der Waals surface area contributed by atoms with Crippen molar-refractivity contribution in [1.29, 1.82) is 0 Å². The van der Waals surface area contributed by atoms with E-state index in [0.29, 0.717) is 0 Å². The minimum atomic E-state index is -0.896. The molecule has 0 heterocycles. The second kappa shape index (κ2) is 5.12. The Bertz CT molecular complexity index is 380. The van der Waals surface area contributed by atoms with Crippen LogP contribution in [-0.2, 0) is 9.59 Å². The van der Waals surface area contributed by atoms with E-state index in [1.807, 2.05) is 13.8 Å². The van der Waals surface area contributed by atoms with Gasteiger partial charge in [0.1, 0.15) is 0 Å². The molecule has 19 heavy (non-hydrogen) atoms. The molecule has 0 saturated heterocycles. The third-order valence-corrected chi connectivity index (χ3v) is 4.85. The Kier molecular flexibility index (Phi) is 3.85. The Morgan fingerprint density at radius 3 is 2.37 bits per heavy atom. The first-order valence-electron chi connectivity index (χ1n) is 7.03. The zero-order valence-corrected chi connectivity index (χ0v) is 11.6. The van der Waals surface area contributed by atoms with Crippen molar-refractivity contribution in [3.05, 3.63) is 0 Å². The number of carbonyl (C=O) groups excluding carboxylic acids is 1. The number of carbonyl (C=O) groups is 2. The van der Waals surface area contributed by atoms with Crippen LogP contribution in [0.1, 0.15) is 39.5 Å². The van der Waals surface area contributed by atoms with E-state index < -0.39 is 23.2 Å². The van der Waals surface area contributed by atoms with Crippen molar-refractivity contribution in [3.63, 3.8) is 0 Å². The van der Waals surface area contributed by atoms with Crippen LogP contribution in [0, 0.1) is 23.2 Å². The molecule has 2 saturated carbocycles. The molecule has 0 radical (unpaired) electrons. The van der Waals surface area contributed by atoms with Gasteiger partial charge in [-0.25, -0.2) is 0 Å². The first-order chi connectivity index (χ1) is 8.89. The van der Waals surface area contributed by atoms with Crippen LogP contribution in [0.3, 0.4) is 0 Å². The van der Waals surface area contributed by atoms with Gasteiger partial charge in [-0.1, -0.05) is 26.7 Å². The van der Waals surface area contributed by atoms with Crippen LogP contribution in [0.25, 0.3) is 0 Å².